The summed E-state index contributed by atoms with van der Waals surface area (Å²) in [6, 6.07) is 16.3. The van der Waals surface area contributed by atoms with Crippen LogP contribution >= 0.6 is 11.8 Å². The van der Waals surface area contributed by atoms with Crippen LogP contribution in [0.25, 0.3) is 5.69 Å². The van der Waals surface area contributed by atoms with Crippen molar-refractivity contribution < 1.29 is 19.4 Å². The highest BCUT2D eigenvalue weighted by molar-refractivity contribution is 7.99. The van der Waals surface area contributed by atoms with Crippen molar-refractivity contribution >= 4 is 29.9 Å². The highest BCUT2D eigenvalue weighted by Crippen LogP contribution is 2.21. The Hall–Kier alpha value is -3.66. The number of carbonyl (C=O) groups excluding carboxylic acids is 1. The molecule has 0 atom stereocenters. The van der Waals surface area contributed by atoms with E-state index in [0.717, 1.165) is 17.1 Å². The van der Waals surface area contributed by atoms with E-state index in [1.54, 1.807) is 24.3 Å². The molecule has 0 saturated carbocycles. The van der Waals surface area contributed by atoms with Crippen LogP contribution in [0.2, 0.25) is 0 Å². The highest BCUT2D eigenvalue weighted by atomic mass is 32.2. The van der Waals surface area contributed by atoms with Crippen molar-refractivity contribution in [3.05, 3.63) is 66.0 Å². The maximum absolute atomic E-state index is 12.1. The number of aromatic nitrogens is 3. The lowest BCUT2D eigenvalue weighted by Crippen LogP contribution is -2.20. The first kappa shape index (κ1) is 21.1. The van der Waals surface area contributed by atoms with Crippen molar-refractivity contribution in [2.45, 2.75) is 12.1 Å². The van der Waals surface area contributed by atoms with E-state index in [-0.39, 0.29) is 11.7 Å². The average molecular weight is 425 g/mol. The summed E-state index contributed by atoms with van der Waals surface area (Å²) in [5.74, 6) is -0.0216. The summed E-state index contributed by atoms with van der Waals surface area (Å²) < 4.78 is 6.94. The van der Waals surface area contributed by atoms with Crippen LogP contribution in [0.4, 0.5) is 0 Å². The third-order valence-corrected chi connectivity index (χ3v) is 4.72. The molecule has 0 aliphatic carbocycles. The number of hydrogen-bond donors (Lipinski definition) is 2. The fourth-order valence-corrected chi connectivity index (χ4v) is 3.24. The predicted octanol–water partition coefficient (Wildman–Crippen LogP) is 2.28. The largest absolute Gasteiger partial charge is 0.482 e. The second kappa shape index (κ2) is 10.2. The van der Waals surface area contributed by atoms with E-state index in [4.69, 9.17) is 9.84 Å². The maximum atomic E-state index is 12.1. The molecule has 30 heavy (non-hydrogen) atoms. The second-order valence-electron chi connectivity index (χ2n) is 6.03. The molecule has 0 unspecified atom stereocenters. The molecule has 0 radical (unpaired) electrons. The number of hydrazone groups is 1. The number of nitrogens with one attached hydrogen (secondary N) is 1. The van der Waals surface area contributed by atoms with Crippen LogP contribution in [0.3, 0.4) is 0 Å². The summed E-state index contributed by atoms with van der Waals surface area (Å²) in [4.78, 5) is 22.6. The summed E-state index contributed by atoms with van der Waals surface area (Å²) in [5.41, 5.74) is 4.12. The lowest BCUT2D eigenvalue weighted by Gasteiger charge is -2.07. The zero-order chi connectivity index (χ0) is 21.3. The fourth-order valence-electron chi connectivity index (χ4n) is 2.45. The molecule has 10 heteroatoms. The van der Waals surface area contributed by atoms with Crippen molar-refractivity contribution in [1.82, 2.24) is 20.2 Å². The molecule has 0 bridgehead atoms. The molecule has 0 spiro atoms. The van der Waals surface area contributed by atoms with Crippen molar-refractivity contribution in [3.8, 4) is 11.4 Å². The molecule has 2 N–H and O–H groups in total. The molecule has 154 valence electrons. The first-order chi connectivity index (χ1) is 14.5. The molecule has 0 fully saturated rings. The van der Waals surface area contributed by atoms with Gasteiger partial charge in [-0.1, -0.05) is 30.0 Å². The number of nitrogens with zero attached hydrogens (tertiary/aromatic N) is 4. The molecule has 3 rings (SSSR count). The Morgan fingerprint density at radius 2 is 1.90 bits per heavy atom. The SMILES string of the molecule is Cc1nnc(SCC(=O)NN=Cc2ccc(OCC(=O)O)cc2)n1-c1ccccc1. The highest BCUT2D eigenvalue weighted by Gasteiger charge is 2.12. The van der Waals surface area contributed by atoms with Gasteiger partial charge >= 0.3 is 5.97 Å². The smallest absolute Gasteiger partial charge is 0.341 e. The van der Waals surface area contributed by atoms with Gasteiger partial charge in [0, 0.05) is 5.69 Å². The van der Waals surface area contributed by atoms with Crippen LogP contribution in [-0.2, 0) is 9.59 Å². The summed E-state index contributed by atoms with van der Waals surface area (Å²) >= 11 is 1.27. The van der Waals surface area contributed by atoms with Crippen molar-refractivity contribution in [2.75, 3.05) is 12.4 Å². The Morgan fingerprint density at radius 1 is 1.17 bits per heavy atom. The topological polar surface area (TPSA) is 119 Å². The first-order valence-corrected chi connectivity index (χ1v) is 9.88. The Kier molecular flexibility index (Phi) is 7.17. The first-order valence-electron chi connectivity index (χ1n) is 8.90. The zero-order valence-electron chi connectivity index (χ0n) is 16.1. The Balaban J connectivity index is 1.51. The van der Waals surface area contributed by atoms with Gasteiger partial charge in [-0.3, -0.25) is 9.36 Å². The molecular formula is C20H19N5O4S. The lowest BCUT2D eigenvalue weighted by atomic mass is 10.2. The van der Waals surface area contributed by atoms with Crippen LogP contribution in [0.1, 0.15) is 11.4 Å². The molecular weight excluding hydrogens is 406 g/mol. The predicted molar refractivity (Wildman–Crippen MR) is 112 cm³/mol. The number of ether oxygens (including phenoxy) is 1. The number of carboxylic acid groups (broad SMARTS) is 1. The molecule has 0 aliphatic rings. The maximum Gasteiger partial charge on any atom is 0.341 e. The Morgan fingerprint density at radius 3 is 2.60 bits per heavy atom. The number of para-hydroxylation sites is 1. The summed E-state index contributed by atoms with van der Waals surface area (Å²) in [5, 5.41) is 21.4. The van der Waals surface area contributed by atoms with Gasteiger partial charge in [-0.2, -0.15) is 5.10 Å². The summed E-state index contributed by atoms with van der Waals surface area (Å²) in [6.07, 6.45) is 1.49. The minimum atomic E-state index is -1.04. The van der Waals surface area contributed by atoms with Crippen LogP contribution < -0.4 is 10.2 Å². The van der Waals surface area contributed by atoms with E-state index in [9.17, 15) is 9.59 Å². The van der Waals surface area contributed by atoms with Gasteiger partial charge in [-0.15, -0.1) is 10.2 Å². The van der Waals surface area contributed by atoms with E-state index in [1.807, 2.05) is 41.8 Å². The molecule has 1 amide bonds. The Labute approximate surface area is 176 Å². The molecule has 1 heterocycles. The number of hydrogen-bond acceptors (Lipinski definition) is 7. The zero-order valence-corrected chi connectivity index (χ0v) is 16.9. The van der Waals surface area contributed by atoms with E-state index in [0.29, 0.717) is 10.9 Å². The number of aryl methyl sites for hydroxylation is 1. The van der Waals surface area contributed by atoms with Gasteiger partial charge in [0.05, 0.1) is 12.0 Å². The third kappa shape index (κ3) is 5.92. The van der Waals surface area contributed by atoms with E-state index in [2.05, 4.69) is 20.7 Å². The lowest BCUT2D eigenvalue weighted by molar-refractivity contribution is -0.139. The minimum absolute atomic E-state index is 0.129. The number of aliphatic carboxylic acids is 1. The monoisotopic (exact) mass is 425 g/mol. The van der Waals surface area contributed by atoms with Gasteiger partial charge in [-0.25, -0.2) is 10.2 Å². The molecule has 3 aromatic rings. The van der Waals surface area contributed by atoms with Crippen LogP contribution in [0.5, 0.6) is 5.75 Å². The van der Waals surface area contributed by atoms with Crippen molar-refractivity contribution in [1.29, 1.82) is 0 Å². The normalized spacial score (nSPS) is 10.8. The van der Waals surface area contributed by atoms with E-state index >= 15 is 0 Å². The standard InChI is InChI=1S/C20H19N5O4S/c1-14-22-24-20(25(14)16-5-3-2-4-6-16)30-13-18(26)23-21-11-15-7-9-17(10-8-15)29-12-19(27)28/h2-11H,12-13H2,1H3,(H,23,26)(H,27,28). The van der Waals surface area contributed by atoms with Gasteiger partial charge in [0.2, 0.25) is 0 Å². The molecule has 1 aromatic heterocycles. The summed E-state index contributed by atoms with van der Waals surface area (Å²) in [6.45, 7) is 1.45. The fraction of sp³-hybridized carbons (Fsp3) is 0.150. The van der Waals surface area contributed by atoms with Crippen LogP contribution in [0.15, 0.2) is 64.9 Å². The van der Waals surface area contributed by atoms with Crippen molar-refractivity contribution in [2.24, 2.45) is 5.10 Å². The minimum Gasteiger partial charge on any atom is -0.482 e. The van der Waals surface area contributed by atoms with Gasteiger partial charge in [-0.05, 0) is 48.9 Å². The second-order valence-corrected chi connectivity index (χ2v) is 6.98. The number of benzene rings is 2. The van der Waals surface area contributed by atoms with Gasteiger partial charge in [0.25, 0.3) is 5.91 Å². The van der Waals surface area contributed by atoms with Crippen LogP contribution in [-0.4, -0.2) is 50.3 Å². The number of rotatable bonds is 9. The molecule has 0 aliphatic heterocycles. The van der Waals surface area contributed by atoms with Gasteiger partial charge in [0.1, 0.15) is 11.6 Å². The molecule has 9 nitrogen and oxygen atoms in total. The number of thioether (sulfide) groups is 1. The summed E-state index contributed by atoms with van der Waals surface area (Å²) in [7, 11) is 0. The van der Waals surface area contributed by atoms with Crippen molar-refractivity contribution in [3.63, 3.8) is 0 Å². The van der Waals surface area contributed by atoms with E-state index in [1.165, 1.54) is 18.0 Å². The Bertz CT molecular complexity index is 1040. The van der Waals surface area contributed by atoms with E-state index < -0.39 is 12.6 Å². The molecule has 0 saturated heterocycles. The molecule has 2 aromatic carbocycles. The van der Waals surface area contributed by atoms with Gasteiger partial charge in [0.15, 0.2) is 11.8 Å². The number of carboxylic acids is 1. The number of amides is 1. The third-order valence-electron chi connectivity index (χ3n) is 3.79. The van der Waals surface area contributed by atoms with Crippen LogP contribution in [0, 0.1) is 6.92 Å². The van der Waals surface area contributed by atoms with Gasteiger partial charge < -0.3 is 9.84 Å². The number of carbonyl (C=O) groups is 2. The average Bonchev–Trinajstić information content (AvgIpc) is 3.12. The quantitative estimate of drug-likeness (QED) is 0.307.